The smallest absolute Gasteiger partial charge is 0.416 e. The molecule has 1 heterocycles. The molecule has 3 rings (SSSR count). The number of urea groups is 1. The van der Waals surface area contributed by atoms with Crippen LogP contribution in [0.2, 0.25) is 0 Å². The van der Waals surface area contributed by atoms with Crippen LogP contribution >= 0.6 is 0 Å². The normalized spacial score (nSPS) is 17.2. The highest BCUT2D eigenvalue weighted by Gasteiger charge is 2.33. The van der Waals surface area contributed by atoms with Crippen LogP contribution in [-0.4, -0.2) is 57.7 Å². The molecule has 7 nitrogen and oxygen atoms in total. The standard InChI is InChI=1S/C25H30F3N3O4S/c1-17(2)29-24(33)30-14-4-5-21(16-30)31(15-18-6-8-19(9-7-18)23(32)35-3)36(34)22-12-10-20(11-13-22)25(26,27)28/h6-13,17,21H,4-5,14-16H2,1-3H3,(H,29,33). The molecule has 2 aromatic rings. The van der Waals surface area contributed by atoms with Crippen LogP contribution in [0.1, 0.15) is 48.2 Å². The van der Waals surface area contributed by atoms with Crippen LogP contribution in [-0.2, 0) is 28.4 Å². The number of halogens is 3. The molecular formula is C25H30F3N3O4S. The summed E-state index contributed by atoms with van der Waals surface area (Å²) in [4.78, 5) is 26.3. The summed E-state index contributed by atoms with van der Waals surface area (Å²) in [5, 5.41) is 2.87. The van der Waals surface area contributed by atoms with Crippen LogP contribution in [0.15, 0.2) is 53.4 Å². The van der Waals surface area contributed by atoms with Crippen LogP contribution in [0, 0.1) is 0 Å². The summed E-state index contributed by atoms with van der Waals surface area (Å²) < 4.78 is 59.1. The van der Waals surface area contributed by atoms with Crippen LogP contribution in [0.4, 0.5) is 18.0 Å². The lowest BCUT2D eigenvalue weighted by atomic mass is 10.1. The fourth-order valence-electron chi connectivity index (χ4n) is 3.98. The Morgan fingerprint density at radius 2 is 1.78 bits per heavy atom. The molecular weight excluding hydrogens is 495 g/mol. The van der Waals surface area contributed by atoms with Gasteiger partial charge in [-0.05, 0) is 68.7 Å². The van der Waals surface area contributed by atoms with E-state index in [0.29, 0.717) is 31.5 Å². The Hall–Kier alpha value is -2.92. The summed E-state index contributed by atoms with van der Waals surface area (Å²) in [5.74, 6) is -0.481. The highest BCUT2D eigenvalue weighted by atomic mass is 32.2. The second kappa shape index (κ2) is 11.9. The Labute approximate surface area is 211 Å². The highest BCUT2D eigenvalue weighted by Crippen LogP contribution is 2.30. The number of nitrogens with one attached hydrogen (secondary N) is 1. The molecule has 2 atom stereocenters. The number of hydrogen-bond donors (Lipinski definition) is 1. The van der Waals surface area contributed by atoms with Crippen LogP contribution in [0.5, 0.6) is 0 Å². The number of benzene rings is 2. The number of hydrogen-bond acceptors (Lipinski definition) is 4. The van der Waals surface area contributed by atoms with Crippen molar-refractivity contribution in [2.75, 3.05) is 20.2 Å². The number of carbonyl (C=O) groups excluding carboxylic acids is 2. The number of nitrogens with zero attached hydrogens (tertiary/aromatic N) is 2. The summed E-state index contributed by atoms with van der Waals surface area (Å²) in [5.41, 5.74) is 0.305. The predicted octanol–water partition coefficient (Wildman–Crippen LogP) is 4.60. The van der Waals surface area contributed by atoms with Crippen molar-refractivity contribution in [1.29, 1.82) is 0 Å². The lowest BCUT2D eigenvalue weighted by molar-refractivity contribution is -0.137. The first-order chi connectivity index (χ1) is 17.0. The van der Waals surface area contributed by atoms with E-state index in [1.54, 1.807) is 33.5 Å². The number of alkyl halides is 3. The van der Waals surface area contributed by atoms with Crippen LogP contribution < -0.4 is 5.32 Å². The Morgan fingerprint density at radius 3 is 2.33 bits per heavy atom. The fourth-order valence-corrected chi connectivity index (χ4v) is 5.32. The third-order valence-electron chi connectivity index (χ3n) is 5.81. The number of methoxy groups -OCH3 is 1. The van der Waals surface area contributed by atoms with Gasteiger partial charge >= 0.3 is 18.2 Å². The number of piperidine rings is 1. The van der Waals surface area contributed by atoms with E-state index < -0.39 is 28.7 Å². The first kappa shape index (κ1) is 27.7. The van der Waals surface area contributed by atoms with Crippen LogP contribution in [0.3, 0.4) is 0 Å². The monoisotopic (exact) mass is 525 g/mol. The van der Waals surface area contributed by atoms with Crippen molar-refractivity contribution in [2.24, 2.45) is 0 Å². The van der Waals surface area contributed by atoms with Crippen molar-refractivity contribution in [3.63, 3.8) is 0 Å². The van der Waals surface area contributed by atoms with E-state index in [-0.39, 0.29) is 29.6 Å². The molecule has 1 N–H and O–H groups in total. The number of carbonyl (C=O) groups is 2. The maximum absolute atomic E-state index is 13.6. The fraction of sp³-hybridized carbons (Fsp3) is 0.440. The van der Waals surface area contributed by atoms with E-state index in [1.807, 2.05) is 13.8 Å². The van der Waals surface area contributed by atoms with Gasteiger partial charge in [-0.1, -0.05) is 12.1 Å². The number of amides is 2. The zero-order valence-electron chi connectivity index (χ0n) is 20.4. The van der Waals surface area contributed by atoms with E-state index in [4.69, 9.17) is 4.74 Å². The second-order valence-electron chi connectivity index (χ2n) is 8.88. The zero-order chi connectivity index (χ0) is 26.5. The molecule has 0 aliphatic carbocycles. The van der Waals surface area contributed by atoms with Gasteiger partial charge in [0.2, 0.25) is 0 Å². The van der Waals surface area contributed by atoms with Crippen molar-refractivity contribution in [3.8, 4) is 0 Å². The molecule has 0 bridgehead atoms. The van der Waals surface area contributed by atoms with Gasteiger partial charge in [0.1, 0.15) is 11.0 Å². The lowest BCUT2D eigenvalue weighted by Gasteiger charge is -2.38. The molecule has 1 saturated heterocycles. The van der Waals surface area contributed by atoms with Gasteiger partial charge in [-0.3, -0.25) is 0 Å². The van der Waals surface area contributed by atoms with Gasteiger partial charge in [0, 0.05) is 31.7 Å². The quantitative estimate of drug-likeness (QED) is 0.536. The molecule has 1 aliphatic heterocycles. The van der Waals surface area contributed by atoms with E-state index >= 15 is 0 Å². The van der Waals surface area contributed by atoms with Gasteiger partial charge in [0.25, 0.3) is 0 Å². The highest BCUT2D eigenvalue weighted by molar-refractivity contribution is 7.82. The van der Waals surface area contributed by atoms with E-state index in [0.717, 1.165) is 17.7 Å². The minimum absolute atomic E-state index is 0.0383. The Balaban J connectivity index is 1.88. The zero-order valence-corrected chi connectivity index (χ0v) is 21.2. The molecule has 11 heteroatoms. The third-order valence-corrected chi connectivity index (χ3v) is 7.34. The molecule has 2 unspecified atom stereocenters. The SMILES string of the molecule is COC(=O)c1ccc(CN(C2CCCN(C(=O)NC(C)C)C2)S(=O)c2ccc(C(F)(F)F)cc2)cc1. The maximum Gasteiger partial charge on any atom is 0.416 e. The van der Waals surface area contributed by atoms with Gasteiger partial charge in [-0.2, -0.15) is 13.2 Å². The van der Waals surface area contributed by atoms with Gasteiger partial charge < -0.3 is 15.0 Å². The summed E-state index contributed by atoms with van der Waals surface area (Å²) >= 11 is 0. The van der Waals surface area contributed by atoms with E-state index in [9.17, 15) is 27.0 Å². The average molecular weight is 526 g/mol. The van der Waals surface area contributed by atoms with E-state index in [1.165, 1.54) is 19.2 Å². The number of likely N-dealkylation sites (tertiary alicyclic amines) is 1. The van der Waals surface area contributed by atoms with Gasteiger partial charge in [0.05, 0.1) is 23.1 Å². The first-order valence-electron chi connectivity index (χ1n) is 11.6. The maximum atomic E-state index is 13.6. The topological polar surface area (TPSA) is 79.0 Å². The molecule has 1 aliphatic rings. The first-order valence-corrected chi connectivity index (χ1v) is 12.7. The molecule has 2 amide bonds. The van der Waals surface area contributed by atoms with Crippen molar-refractivity contribution in [3.05, 3.63) is 65.2 Å². The molecule has 1 fully saturated rings. The average Bonchev–Trinajstić information content (AvgIpc) is 2.86. The van der Waals surface area contributed by atoms with Gasteiger partial charge in [-0.25, -0.2) is 18.1 Å². The summed E-state index contributed by atoms with van der Waals surface area (Å²) in [6.45, 7) is 4.82. The van der Waals surface area contributed by atoms with Gasteiger partial charge in [0.15, 0.2) is 0 Å². The minimum atomic E-state index is -4.49. The molecule has 2 aromatic carbocycles. The van der Waals surface area contributed by atoms with Crippen molar-refractivity contribution >= 4 is 23.0 Å². The van der Waals surface area contributed by atoms with Crippen molar-refractivity contribution in [2.45, 2.75) is 56.4 Å². The Kier molecular flexibility index (Phi) is 9.13. The Bertz CT molecular complexity index is 1080. The summed E-state index contributed by atoms with van der Waals surface area (Å²) in [6.07, 6.45) is -3.13. The molecule has 36 heavy (non-hydrogen) atoms. The molecule has 0 saturated carbocycles. The van der Waals surface area contributed by atoms with E-state index in [2.05, 4.69) is 5.32 Å². The second-order valence-corrected chi connectivity index (χ2v) is 10.3. The number of ether oxygens (including phenoxy) is 1. The van der Waals surface area contributed by atoms with Crippen molar-refractivity contribution < 1.29 is 31.7 Å². The largest absolute Gasteiger partial charge is 0.465 e. The number of esters is 1. The molecule has 196 valence electrons. The third kappa shape index (κ3) is 7.07. The molecule has 0 aromatic heterocycles. The molecule has 0 spiro atoms. The number of rotatable bonds is 7. The summed E-state index contributed by atoms with van der Waals surface area (Å²) in [7, 11) is -0.506. The predicted molar refractivity (Wildman–Crippen MR) is 129 cm³/mol. The molecule has 0 radical (unpaired) electrons. The van der Waals surface area contributed by atoms with Crippen LogP contribution in [0.25, 0.3) is 0 Å². The lowest BCUT2D eigenvalue weighted by Crippen LogP contribution is -2.53. The van der Waals surface area contributed by atoms with Gasteiger partial charge in [-0.15, -0.1) is 0 Å². The summed E-state index contributed by atoms with van der Waals surface area (Å²) in [6, 6.07) is 10.4. The minimum Gasteiger partial charge on any atom is -0.465 e. The Morgan fingerprint density at radius 1 is 1.14 bits per heavy atom. The van der Waals surface area contributed by atoms with Crippen molar-refractivity contribution in [1.82, 2.24) is 14.5 Å².